The highest BCUT2D eigenvalue weighted by molar-refractivity contribution is 5.60. The lowest BCUT2D eigenvalue weighted by atomic mass is 9.67. The van der Waals surface area contributed by atoms with Gasteiger partial charge in [-0.3, -0.25) is 0 Å². The molecule has 0 bridgehead atoms. The molecule has 0 saturated heterocycles. The van der Waals surface area contributed by atoms with E-state index in [-0.39, 0.29) is 5.60 Å². The topological polar surface area (TPSA) is 44.8 Å². The van der Waals surface area contributed by atoms with Crippen molar-refractivity contribution < 1.29 is 19.0 Å². The van der Waals surface area contributed by atoms with Gasteiger partial charge in [0.1, 0.15) is 11.4 Å². The van der Waals surface area contributed by atoms with Crippen molar-refractivity contribution in [3.05, 3.63) is 29.8 Å². The van der Waals surface area contributed by atoms with Crippen molar-refractivity contribution in [2.75, 3.05) is 13.7 Å². The predicted octanol–water partition coefficient (Wildman–Crippen LogP) is 6.87. The van der Waals surface area contributed by atoms with Crippen molar-refractivity contribution >= 4 is 6.16 Å². The third-order valence-corrected chi connectivity index (χ3v) is 7.14. The lowest BCUT2D eigenvalue weighted by molar-refractivity contribution is -0.0502. The Kier molecular flexibility index (Phi) is 7.85. The molecule has 0 spiro atoms. The van der Waals surface area contributed by atoms with Crippen LogP contribution < -0.4 is 4.74 Å². The molecule has 1 aromatic rings. The molecule has 162 valence electrons. The van der Waals surface area contributed by atoms with Crippen LogP contribution in [0.5, 0.6) is 5.75 Å². The fraction of sp³-hybridized carbons (Fsp3) is 0.720. The maximum atomic E-state index is 11.5. The molecule has 0 amide bonds. The van der Waals surface area contributed by atoms with E-state index in [9.17, 15) is 4.79 Å². The molecule has 2 fully saturated rings. The maximum absolute atomic E-state index is 11.5. The largest absolute Gasteiger partial charge is 0.508 e. The molecule has 0 atom stereocenters. The van der Waals surface area contributed by atoms with Crippen molar-refractivity contribution in [1.82, 2.24) is 0 Å². The zero-order valence-electron chi connectivity index (χ0n) is 18.5. The molecule has 0 radical (unpaired) electrons. The number of ether oxygens (including phenoxy) is 3. The fourth-order valence-corrected chi connectivity index (χ4v) is 5.16. The summed E-state index contributed by atoms with van der Waals surface area (Å²) < 4.78 is 16.0. The lowest BCUT2D eigenvalue weighted by Crippen LogP contribution is -2.38. The smallest absolute Gasteiger partial charge is 0.494 e. The van der Waals surface area contributed by atoms with Gasteiger partial charge in [0.05, 0.1) is 13.7 Å². The first-order chi connectivity index (χ1) is 14.0. The summed E-state index contributed by atoms with van der Waals surface area (Å²) in [6.45, 7) is 5.05. The summed E-state index contributed by atoms with van der Waals surface area (Å²) in [6, 6.07) is 8.81. The molecule has 0 unspecified atom stereocenters. The van der Waals surface area contributed by atoms with Crippen molar-refractivity contribution in [1.29, 1.82) is 0 Å². The summed E-state index contributed by atoms with van der Waals surface area (Å²) in [6.07, 6.45) is 11.2. The summed E-state index contributed by atoms with van der Waals surface area (Å²) in [5, 5.41) is 0. The van der Waals surface area contributed by atoms with Gasteiger partial charge in [-0.1, -0.05) is 25.5 Å². The van der Waals surface area contributed by atoms with Crippen LogP contribution in [0, 0.1) is 11.8 Å². The molecule has 4 nitrogen and oxygen atoms in total. The van der Waals surface area contributed by atoms with Gasteiger partial charge >= 0.3 is 6.16 Å². The lowest BCUT2D eigenvalue weighted by Gasteiger charge is -2.41. The molecule has 29 heavy (non-hydrogen) atoms. The molecule has 0 aromatic heterocycles. The zero-order chi connectivity index (χ0) is 20.7. The Labute approximate surface area is 176 Å². The summed E-state index contributed by atoms with van der Waals surface area (Å²) in [5.74, 6) is 3.29. The first kappa shape index (κ1) is 22.0. The molecule has 2 aliphatic carbocycles. The number of carbonyl (C=O) groups excluding carboxylic acids is 1. The summed E-state index contributed by atoms with van der Waals surface area (Å²) in [4.78, 5) is 11.5. The van der Waals surface area contributed by atoms with Crippen LogP contribution in [0.25, 0.3) is 0 Å². The molecule has 1 aromatic carbocycles. The highest BCUT2D eigenvalue weighted by Gasteiger charge is 2.38. The number of benzene rings is 1. The molecule has 0 aliphatic heterocycles. The van der Waals surface area contributed by atoms with E-state index in [1.807, 2.05) is 6.92 Å². The second-order valence-corrected chi connectivity index (χ2v) is 9.23. The highest BCUT2D eigenvalue weighted by Crippen LogP contribution is 2.45. The molecule has 3 rings (SSSR count). The van der Waals surface area contributed by atoms with E-state index in [0.29, 0.717) is 5.92 Å². The van der Waals surface area contributed by atoms with E-state index in [1.54, 1.807) is 0 Å². The predicted molar refractivity (Wildman–Crippen MR) is 115 cm³/mol. The van der Waals surface area contributed by atoms with Gasteiger partial charge in [-0.2, -0.15) is 0 Å². The third kappa shape index (κ3) is 6.13. The first-order valence-electron chi connectivity index (χ1n) is 11.5. The number of carbonyl (C=O) groups is 1. The fourth-order valence-electron chi connectivity index (χ4n) is 5.16. The number of hydrogen-bond donors (Lipinski definition) is 0. The Bertz CT molecular complexity index is 623. The maximum Gasteiger partial charge on any atom is 0.508 e. The number of hydrogen-bond acceptors (Lipinski definition) is 4. The van der Waals surface area contributed by atoms with Gasteiger partial charge in [0.2, 0.25) is 0 Å². The van der Waals surface area contributed by atoms with Crippen molar-refractivity contribution in [2.24, 2.45) is 11.8 Å². The number of rotatable bonds is 7. The SMILES string of the molecule is CCCCOc1ccc(C2CCC(C3CCC(C)(OC(=O)OC)CC3)CC2)cc1. The minimum atomic E-state index is -0.548. The Morgan fingerprint density at radius 3 is 2.21 bits per heavy atom. The van der Waals surface area contributed by atoms with E-state index in [0.717, 1.165) is 56.3 Å². The standard InChI is InChI=1S/C25H38O4/c1-4-5-18-28-23-12-10-21(11-13-23)19-6-8-20(9-7-19)22-14-16-25(2,17-15-22)29-24(26)27-3/h10-13,19-20,22H,4-9,14-18H2,1-3H3. The van der Waals surface area contributed by atoms with Gasteiger partial charge < -0.3 is 14.2 Å². The average molecular weight is 403 g/mol. The summed E-state index contributed by atoms with van der Waals surface area (Å²) in [5.41, 5.74) is 1.12. The number of methoxy groups -OCH3 is 1. The van der Waals surface area contributed by atoms with Crippen LogP contribution in [0.4, 0.5) is 4.79 Å². The summed E-state index contributed by atoms with van der Waals surface area (Å²) >= 11 is 0. The van der Waals surface area contributed by atoms with Gasteiger partial charge in [-0.25, -0.2) is 4.79 Å². The Hall–Kier alpha value is -1.71. The van der Waals surface area contributed by atoms with Crippen LogP contribution >= 0.6 is 0 Å². The van der Waals surface area contributed by atoms with Crippen LogP contribution in [0.1, 0.15) is 89.5 Å². The second kappa shape index (κ2) is 10.4. The monoisotopic (exact) mass is 402 g/mol. The minimum Gasteiger partial charge on any atom is -0.494 e. The zero-order valence-corrected chi connectivity index (χ0v) is 18.5. The van der Waals surface area contributed by atoms with Gasteiger partial charge in [0.25, 0.3) is 0 Å². The molecule has 4 heteroatoms. The van der Waals surface area contributed by atoms with Crippen LogP contribution in [-0.2, 0) is 9.47 Å². The highest BCUT2D eigenvalue weighted by atomic mass is 16.7. The molecule has 0 heterocycles. The van der Waals surface area contributed by atoms with Crippen molar-refractivity contribution in [2.45, 2.75) is 89.6 Å². The average Bonchev–Trinajstić information content (AvgIpc) is 2.75. The van der Waals surface area contributed by atoms with Gasteiger partial charge in [-0.05, 0) is 100 Å². The molecule has 0 N–H and O–H groups in total. The van der Waals surface area contributed by atoms with Crippen LogP contribution in [-0.4, -0.2) is 25.5 Å². The Morgan fingerprint density at radius 2 is 1.62 bits per heavy atom. The van der Waals surface area contributed by atoms with Crippen molar-refractivity contribution in [3.63, 3.8) is 0 Å². The summed E-state index contributed by atoms with van der Waals surface area (Å²) in [7, 11) is 1.38. The minimum absolute atomic E-state index is 0.345. The van der Waals surface area contributed by atoms with E-state index in [4.69, 9.17) is 9.47 Å². The number of unbranched alkanes of at least 4 members (excludes halogenated alkanes) is 1. The van der Waals surface area contributed by atoms with Gasteiger partial charge in [0.15, 0.2) is 0 Å². The van der Waals surface area contributed by atoms with Crippen molar-refractivity contribution in [3.8, 4) is 5.75 Å². The van der Waals surface area contributed by atoms with Crippen LogP contribution in [0.15, 0.2) is 24.3 Å². The van der Waals surface area contributed by atoms with Crippen LogP contribution in [0.2, 0.25) is 0 Å². The Morgan fingerprint density at radius 1 is 1.00 bits per heavy atom. The molecule has 2 aliphatic rings. The van der Waals surface area contributed by atoms with Crippen LogP contribution in [0.3, 0.4) is 0 Å². The van der Waals surface area contributed by atoms with E-state index in [2.05, 4.69) is 35.9 Å². The Balaban J connectivity index is 1.43. The normalized spacial score (nSPS) is 29.8. The molecule has 2 saturated carbocycles. The van der Waals surface area contributed by atoms with E-state index >= 15 is 0 Å². The van der Waals surface area contributed by atoms with E-state index < -0.39 is 6.16 Å². The molecular weight excluding hydrogens is 364 g/mol. The van der Waals surface area contributed by atoms with Gasteiger partial charge in [-0.15, -0.1) is 0 Å². The quantitative estimate of drug-likeness (QED) is 0.369. The third-order valence-electron chi connectivity index (χ3n) is 7.14. The van der Waals surface area contributed by atoms with E-state index in [1.165, 1.54) is 44.8 Å². The first-order valence-corrected chi connectivity index (χ1v) is 11.5. The van der Waals surface area contributed by atoms with Gasteiger partial charge in [0, 0.05) is 0 Å². The molecular formula is C25H38O4. The second-order valence-electron chi connectivity index (χ2n) is 9.23.